The van der Waals surface area contributed by atoms with Gasteiger partial charge in [-0.25, -0.2) is 19.3 Å². The van der Waals surface area contributed by atoms with E-state index in [1.54, 1.807) is 18.3 Å². The van der Waals surface area contributed by atoms with Crippen LogP contribution in [0.25, 0.3) is 28.3 Å². The maximum absolute atomic E-state index is 13.6. The molecule has 0 atom stereocenters. The van der Waals surface area contributed by atoms with Crippen molar-refractivity contribution in [1.82, 2.24) is 19.4 Å². The van der Waals surface area contributed by atoms with Crippen LogP contribution in [0.1, 0.15) is 23.6 Å². The van der Waals surface area contributed by atoms with Crippen molar-refractivity contribution in [2.45, 2.75) is 26.8 Å². The quantitative estimate of drug-likeness (QED) is 0.350. The number of halogens is 1. The summed E-state index contributed by atoms with van der Waals surface area (Å²) in [7, 11) is 0. The summed E-state index contributed by atoms with van der Waals surface area (Å²) < 4.78 is 15.6. The number of hydrogen-bond acceptors (Lipinski definition) is 4. The molecule has 5 nitrogen and oxygen atoms in total. The summed E-state index contributed by atoms with van der Waals surface area (Å²) >= 11 is 0. The molecule has 5 aromatic rings. The zero-order chi connectivity index (χ0) is 22.8. The average molecular weight is 438 g/mol. The number of anilines is 1. The van der Waals surface area contributed by atoms with Crippen molar-refractivity contribution in [2.24, 2.45) is 0 Å². The van der Waals surface area contributed by atoms with Gasteiger partial charge in [0.15, 0.2) is 0 Å². The molecule has 0 fully saturated rings. The van der Waals surface area contributed by atoms with E-state index in [1.165, 1.54) is 23.3 Å². The lowest BCUT2D eigenvalue weighted by Gasteiger charge is -2.09. The van der Waals surface area contributed by atoms with E-state index in [-0.39, 0.29) is 5.82 Å². The number of rotatable bonds is 6. The zero-order valence-electron chi connectivity index (χ0n) is 18.6. The fourth-order valence-corrected chi connectivity index (χ4v) is 3.94. The van der Waals surface area contributed by atoms with Crippen LogP contribution in [0.5, 0.6) is 0 Å². The van der Waals surface area contributed by atoms with Crippen molar-refractivity contribution < 1.29 is 4.39 Å². The van der Waals surface area contributed by atoms with Crippen LogP contribution in [0.2, 0.25) is 0 Å². The van der Waals surface area contributed by atoms with Gasteiger partial charge in [0.2, 0.25) is 5.95 Å². The minimum Gasteiger partial charge on any atom is -0.350 e. The van der Waals surface area contributed by atoms with E-state index >= 15 is 0 Å². The first-order valence-corrected chi connectivity index (χ1v) is 11.0. The lowest BCUT2D eigenvalue weighted by atomic mass is 10.1. The number of nitrogens with zero attached hydrogens (tertiary/aromatic N) is 4. The molecule has 33 heavy (non-hydrogen) atoms. The summed E-state index contributed by atoms with van der Waals surface area (Å²) in [4.78, 5) is 14.1. The van der Waals surface area contributed by atoms with E-state index in [2.05, 4.69) is 54.5 Å². The Hall–Kier alpha value is -4.06. The van der Waals surface area contributed by atoms with Gasteiger partial charge in [0.1, 0.15) is 11.5 Å². The molecular weight excluding hydrogens is 413 g/mol. The second-order valence-electron chi connectivity index (χ2n) is 8.04. The highest BCUT2D eigenvalue weighted by Gasteiger charge is 2.18. The summed E-state index contributed by atoms with van der Waals surface area (Å²) in [6.07, 6.45) is 4.69. The molecular formula is C27H24FN5. The van der Waals surface area contributed by atoms with Gasteiger partial charge in [-0.2, -0.15) is 0 Å². The Balaban J connectivity index is 1.57. The van der Waals surface area contributed by atoms with Gasteiger partial charge in [-0.05, 0) is 66.9 Å². The number of imidazole rings is 1. The summed E-state index contributed by atoms with van der Waals surface area (Å²) in [6.45, 7) is 4.82. The number of pyridine rings is 1. The molecule has 0 saturated heterocycles. The Morgan fingerprint density at radius 1 is 0.939 bits per heavy atom. The molecule has 5 rings (SSSR count). The lowest BCUT2D eigenvalue weighted by Crippen LogP contribution is -2.04. The van der Waals surface area contributed by atoms with Gasteiger partial charge < -0.3 is 5.32 Å². The van der Waals surface area contributed by atoms with Crippen LogP contribution in [0.15, 0.2) is 79.1 Å². The molecule has 0 radical (unpaired) electrons. The number of nitrogens with one attached hydrogen (secondary N) is 1. The fraction of sp³-hybridized carbons (Fsp3) is 0.148. The summed E-state index contributed by atoms with van der Waals surface area (Å²) in [6, 6.07) is 20.8. The van der Waals surface area contributed by atoms with Gasteiger partial charge in [0.25, 0.3) is 0 Å². The van der Waals surface area contributed by atoms with E-state index < -0.39 is 0 Å². The van der Waals surface area contributed by atoms with Crippen LogP contribution in [0, 0.1) is 12.7 Å². The molecule has 0 saturated carbocycles. The smallest absolute Gasteiger partial charge is 0.223 e. The Morgan fingerprint density at radius 3 is 2.58 bits per heavy atom. The first-order valence-electron chi connectivity index (χ1n) is 11.0. The molecule has 0 unspecified atom stereocenters. The van der Waals surface area contributed by atoms with Gasteiger partial charge in [-0.1, -0.05) is 36.8 Å². The van der Waals surface area contributed by atoms with Crippen LogP contribution in [0.3, 0.4) is 0 Å². The third-order valence-electron chi connectivity index (χ3n) is 5.65. The Morgan fingerprint density at radius 2 is 1.79 bits per heavy atom. The normalized spacial score (nSPS) is 11.1. The minimum atomic E-state index is -0.276. The predicted octanol–water partition coefficient (Wildman–Crippen LogP) is 6.08. The van der Waals surface area contributed by atoms with Gasteiger partial charge in [-0.15, -0.1) is 0 Å². The number of benzene rings is 2. The number of aromatic nitrogens is 4. The molecule has 2 aromatic carbocycles. The van der Waals surface area contributed by atoms with Crippen molar-refractivity contribution >= 4 is 11.6 Å². The fourth-order valence-electron chi connectivity index (χ4n) is 3.94. The molecule has 3 aromatic heterocycles. The second kappa shape index (κ2) is 8.82. The molecule has 0 spiro atoms. The largest absolute Gasteiger partial charge is 0.350 e. The topological polar surface area (TPSA) is 55.1 Å². The Bertz CT molecular complexity index is 1420. The highest BCUT2D eigenvalue weighted by Crippen LogP contribution is 2.32. The van der Waals surface area contributed by atoms with Gasteiger partial charge >= 0.3 is 0 Å². The van der Waals surface area contributed by atoms with Crippen molar-refractivity contribution in [3.63, 3.8) is 0 Å². The molecule has 0 bridgehead atoms. The minimum absolute atomic E-state index is 0.276. The van der Waals surface area contributed by atoms with E-state index in [1.807, 2.05) is 22.7 Å². The van der Waals surface area contributed by atoms with Crippen LogP contribution in [-0.2, 0) is 13.0 Å². The SMILES string of the molecule is CCc1ccn2c(-c3ccnc(NCc4cccc(C)c4)n3)c(-c3ccc(F)cc3)nc2c1. The Labute approximate surface area is 192 Å². The van der Waals surface area contributed by atoms with Crippen molar-refractivity contribution in [3.8, 4) is 22.6 Å². The van der Waals surface area contributed by atoms with Gasteiger partial charge in [0, 0.05) is 24.5 Å². The molecule has 1 N–H and O–H groups in total. The number of fused-ring (bicyclic) bond motifs is 1. The first kappa shape index (κ1) is 20.8. The summed E-state index contributed by atoms with van der Waals surface area (Å²) in [5, 5.41) is 3.32. The maximum atomic E-state index is 13.6. The molecule has 164 valence electrons. The molecule has 6 heteroatoms. The summed E-state index contributed by atoms with van der Waals surface area (Å²) in [5.74, 6) is 0.265. The van der Waals surface area contributed by atoms with Gasteiger partial charge in [0.05, 0.1) is 17.1 Å². The maximum Gasteiger partial charge on any atom is 0.223 e. The van der Waals surface area contributed by atoms with Crippen LogP contribution < -0.4 is 5.32 Å². The number of hydrogen-bond donors (Lipinski definition) is 1. The predicted molar refractivity (Wildman–Crippen MR) is 129 cm³/mol. The number of aryl methyl sites for hydroxylation is 2. The molecule has 0 amide bonds. The van der Waals surface area contributed by atoms with Crippen molar-refractivity contribution in [1.29, 1.82) is 0 Å². The Kier molecular flexibility index (Phi) is 5.57. The van der Waals surface area contributed by atoms with Crippen molar-refractivity contribution in [2.75, 3.05) is 5.32 Å². The third-order valence-corrected chi connectivity index (χ3v) is 5.65. The lowest BCUT2D eigenvalue weighted by molar-refractivity contribution is 0.628. The van der Waals surface area contributed by atoms with Crippen LogP contribution in [0.4, 0.5) is 10.3 Å². The monoisotopic (exact) mass is 437 g/mol. The van der Waals surface area contributed by atoms with E-state index in [9.17, 15) is 4.39 Å². The molecule has 0 aliphatic heterocycles. The highest BCUT2D eigenvalue weighted by atomic mass is 19.1. The van der Waals surface area contributed by atoms with E-state index in [0.717, 1.165) is 40.3 Å². The third kappa shape index (κ3) is 4.32. The standard InChI is InChI=1S/C27H24FN5/c1-3-19-12-14-33-24(16-19)32-25(21-7-9-22(28)10-8-21)26(33)23-11-13-29-27(31-23)30-17-20-6-4-5-18(2)15-20/h4-16H,3,17H2,1-2H3,(H,29,30,31). The molecule has 3 heterocycles. The molecule has 0 aliphatic carbocycles. The summed E-state index contributed by atoms with van der Waals surface area (Å²) in [5.41, 5.74) is 7.59. The van der Waals surface area contributed by atoms with E-state index in [4.69, 9.17) is 9.97 Å². The second-order valence-corrected chi connectivity index (χ2v) is 8.04. The van der Waals surface area contributed by atoms with Crippen LogP contribution in [-0.4, -0.2) is 19.4 Å². The highest BCUT2D eigenvalue weighted by molar-refractivity contribution is 5.80. The molecule has 0 aliphatic rings. The van der Waals surface area contributed by atoms with E-state index in [0.29, 0.717) is 12.5 Å². The first-order chi connectivity index (χ1) is 16.1. The van der Waals surface area contributed by atoms with Crippen LogP contribution >= 0.6 is 0 Å². The zero-order valence-corrected chi connectivity index (χ0v) is 18.6. The van der Waals surface area contributed by atoms with Crippen molar-refractivity contribution in [3.05, 3.63) is 102 Å². The van der Waals surface area contributed by atoms with Gasteiger partial charge in [-0.3, -0.25) is 4.40 Å². The average Bonchev–Trinajstić information content (AvgIpc) is 3.22.